The number of halogens is 1. The second-order valence-electron chi connectivity index (χ2n) is 8.42. The van der Waals surface area contributed by atoms with Gasteiger partial charge in [0.15, 0.2) is 0 Å². The Kier molecular flexibility index (Phi) is 7.48. The van der Waals surface area contributed by atoms with Crippen LogP contribution in [0.2, 0.25) is 5.02 Å². The lowest BCUT2D eigenvalue weighted by atomic mass is 9.93. The summed E-state index contributed by atoms with van der Waals surface area (Å²) in [5.74, 6) is 1.28. The molecule has 1 saturated heterocycles. The lowest BCUT2D eigenvalue weighted by Crippen LogP contribution is -2.42. The molecule has 0 spiro atoms. The van der Waals surface area contributed by atoms with Crippen LogP contribution in [0.1, 0.15) is 54.6 Å². The maximum absolute atomic E-state index is 12.7. The molecule has 2 aromatic rings. The van der Waals surface area contributed by atoms with Crippen molar-refractivity contribution in [2.75, 3.05) is 5.75 Å². The first-order valence-electron chi connectivity index (χ1n) is 10.3. The highest BCUT2D eigenvalue weighted by atomic mass is 35.5. The van der Waals surface area contributed by atoms with Gasteiger partial charge in [-0.1, -0.05) is 63.6 Å². The molecule has 1 atom stereocenters. The molecule has 0 unspecified atom stereocenters. The molecule has 2 aromatic carbocycles. The molecule has 160 valence electrons. The van der Waals surface area contributed by atoms with Crippen molar-refractivity contribution in [3.63, 3.8) is 0 Å². The molecule has 3 rings (SSSR count). The fourth-order valence-corrected chi connectivity index (χ4v) is 5.14. The van der Waals surface area contributed by atoms with Crippen LogP contribution >= 0.6 is 23.4 Å². The second kappa shape index (κ2) is 9.88. The standard InChI is InChI=1S/C24H29ClN2O2S/c1-15(2)22(16(3)4)26-23(29)18-7-9-19(10-8-18)24-27(21(28)14-30-24)13-17-5-11-20(25)12-6-17/h5-12,15-16,22,24H,13-14H2,1-4H3,(H,26,29)/t24-/m1/s1. The number of rotatable bonds is 7. The van der Waals surface area contributed by atoms with Gasteiger partial charge in [0, 0.05) is 23.2 Å². The van der Waals surface area contributed by atoms with Gasteiger partial charge in [0.2, 0.25) is 5.91 Å². The lowest BCUT2D eigenvalue weighted by Gasteiger charge is -2.26. The molecule has 4 nitrogen and oxygen atoms in total. The van der Waals surface area contributed by atoms with Gasteiger partial charge in [-0.25, -0.2) is 0 Å². The minimum atomic E-state index is -0.0536. The smallest absolute Gasteiger partial charge is 0.251 e. The van der Waals surface area contributed by atoms with Gasteiger partial charge < -0.3 is 10.2 Å². The number of nitrogens with one attached hydrogen (secondary N) is 1. The predicted molar refractivity (Wildman–Crippen MR) is 125 cm³/mol. The van der Waals surface area contributed by atoms with Crippen molar-refractivity contribution < 1.29 is 9.59 Å². The highest BCUT2D eigenvalue weighted by Gasteiger charge is 2.33. The molecule has 2 amide bonds. The molecule has 0 saturated carbocycles. The summed E-state index contributed by atoms with van der Waals surface area (Å²) in [5.41, 5.74) is 2.72. The minimum Gasteiger partial charge on any atom is -0.349 e. The Morgan fingerprint density at radius 2 is 1.67 bits per heavy atom. The van der Waals surface area contributed by atoms with Crippen molar-refractivity contribution in [2.24, 2.45) is 11.8 Å². The van der Waals surface area contributed by atoms with Crippen molar-refractivity contribution in [2.45, 2.75) is 45.7 Å². The predicted octanol–water partition coefficient (Wildman–Crippen LogP) is 5.52. The zero-order chi connectivity index (χ0) is 21.8. The van der Waals surface area contributed by atoms with E-state index in [2.05, 4.69) is 33.0 Å². The number of carbonyl (C=O) groups excluding carboxylic acids is 2. The maximum atomic E-state index is 12.7. The Morgan fingerprint density at radius 3 is 2.23 bits per heavy atom. The number of hydrogen-bond donors (Lipinski definition) is 1. The van der Waals surface area contributed by atoms with Crippen LogP contribution < -0.4 is 5.32 Å². The summed E-state index contributed by atoms with van der Waals surface area (Å²) in [5, 5.41) is 3.79. The fraction of sp³-hybridized carbons (Fsp3) is 0.417. The topological polar surface area (TPSA) is 49.4 Å². The molecule has 0 bridgehead atoms. The zero-order valence-electron chi connectivity index (χ0n) is 17.9. The number of benzene rings is 2. The average molecular weight is 445 g/mol. The Labute approximate surface area is 188 Å². The first kappa shape index (κ1) is 22.7. The third kappa shape index (κ3) is 5.38. The van der Waals surface area contributed by atoms with Gasteiger partial charge >= 0.3 is 0 Å². The summed E-state index contributed by atoms with van der Waals surface area (Å²) in [6, 6.07) is 15.3. The molecule has 1 aliphatic rings. The quantitative estimate of drug-likeness (QED) is 0.611. The third-order valence-corrected chi connectivity index (χ3v) is 6.93. The molecule has 30 heavy (non-hydrogen) atoms. The molecule has 6 heteroatoms. The first-order valence-corrected chi connectivity index (χ1v) is 11.7. The number of hydrogen-bond acceptors (Lipinski definition) is 3. The Balaban J connectivity index is 1.72. The van der Waals surface area contributed by atoms with E-state index >= 15 is 0 Å². The van der Waals surface area contributed by atoms with Gasteiger partial charge in [0.1, 0.15) is 5.37 Å². The minimum absolute atomic E-state index is 0.0515. The van der Waals surface area contributed by atoms with Crippen molar-refractivity contribution in [1.29, 1.82) is 0 Å². The highest BCUT2D eigenvalue weighted by Crippen LogP contribution is 2.39. The van der Waals surface area contributed by atoms with Crippen LogP contribution in [0.25, 0.3) is 0 Å². The van der Waals surface area contributed by atoms with Crippen molar-refractivity contribution in [3.05, 3.63) is 70.2 Å². The van der Waals surface area contributed by atoms with E-state index in [1.165, 1.54) is 0 Å². The molecule has 1 aliphatic heterocycles. The Morgan fingerprint density at radius 1 is 1.07 bits per heavy atom. The first-order chi connectivity index (χ1) is 14.3. The van der Waals surface area contributed by atoms with E-state index in [9.17, 15) is 9.59 Å². The molecule has 0 aliphatic carbocycles. The van der Waals surface area contributed by atoms with E-state index in [1.807, 2.05) is 53.4 Å². The number of amides is 2. The summed E-state index contributed by atoms with van der Waals surface area (Å²) in [7, 11) is 0. The van der Waals surface area contributed by atoms with E-state index in [0.29, 0.717) is 34.7 Å². The van der Waals surface area contributed by atoms with Crippen LogP contribution in [0.4, 0.5) is 0 Å². The molecular weight excluding hydrogens is 416 g/mol. The molecule has 1 fully saturated rings. The lowest BCUT2D eigenvalue weighted by molar-refractivity contribution is -0.128. The van der Waals surface area contributed by atoms with Crippen molar-refractivity contribution in [3.8, 4) is 0 Å². The molecular formula is C24H29ClN2O2S. The molecule has 1 heterocycles. The van der Waals surface area contributed by atoms with Crippen LogP contribution in [0.15, 0.2) is 48.5 Å². The zero-order valence-corrected chi connectivity index (χ0v) is 19.5. The van der Waals surface area contributed by atoms with Crippen LogP contribution in [0.3, 0.4) is 0 Å². The van der Waals surface area contributed by atoms with Crippen molar-refractivity contribution in [1.82, 2.24) is 10.2 Å². The maximum Gasteiger partial charge on any atom is 0.251 e. The van der Waals surface area contributed by atoms with E-state index in [-0.39, 0.29) is 23.2 Å². The summed E-state index contributed by atoms with van der Waals surface area (Å²) < 4.78 is 0. The average Bonchev–Trinajstić information content (AvgIpc) is 3.07. The van der Waals surface area contributed by atoms with E-state index in [1.54, 1.807) is 11.8 Å². The van der Waals surface area contributed by atoms with E-state index in [0.717, 1.165) is 11.1 Å². The molecule has 1 N–H and O–H groups in total. The Hall–Kier alpha value is -1.98. The highest BCUT2D eigenvalue weighted by molar-refractivity contribution is 8.00. The monoisotopic (exact) mass is 444 g/mol. The number of carbonyl (C=O) groups is 2. The van der Waals surface area contributed by atoms with Gasteiger partial charge in [-0.15, -0.1) is 11.8 Å². The van der Waals surface area contributed by atoms with Crippen molar-refractivity contribution >= 4 is 35.2 Å². The van der Waals surface area contributed by atoms with Gasteiger partial charge in [0.05, 0.1) is 5.75 Å². The summed E-state index contributed by atoms with van der Waals surface area (Å²) in [4.78, 5) is 27.0. The van der Waals surface area contributed by atoms with Crippen LogP contribution in [-0.2, 0) is 11.3 Å². The second-order valence-corrected chi connectivity index (χ2v) is 9.93. The van der Waals surface area contributed by atoms with Gasteiger partial charge in [0.25, 0.3) is 5.91 Å². The SMILES string of the molecule is CC(C)C(NC(=O)c1ccc([C@H]2SCC(=O)N2Cc2ccc(Cl)cc2)cc1)C(C)C. The van der Waals surface area contributed by atoms with Crippen LogP contribution in [-0.4, -0.2) is 28.5 Å². The molecule has 0 aromatic heterocycles. The van der Waals surface area contributed by atoms with Gasteiger partial charge in [-0.3, -0.25) is 9.59 Å². The van der Waals surface area contributed by atoms with E-state index in [4.69, 9.17) is 11.6 Å². The largest absolute Gasteiger partial charge is 0.349 e. The fourth-order valence-electron chi connectivity index (χ4n) is 3.82. The summed E-state index contributed by atoms with van der Waals surface area (Å²) in [6.07, 6.45) is 0. The number of nitrogens with zero attached hydrogens (tertiary/aromatic N) is 1. The van der Waals surface area contributed by atoms with Gasteiger partial charge in [-0.2, -0.15) is 0 Å². The van der Waals surface area contributed by atoms with Crippen LogP contribution in [0.5, 0.6) is 0 Å². The molecule has 0 radical (unpaired) electrons. The van der Waals surface area contributed by atoms with Crippen LogP contribution in [0, 0.1) is 11.8 Å². The normalized spacial score (nSPS) is 16.7. The third-order valence-electron chi connectivity index (χ3n) is 5.43. The summed E-state index contributed by atoms with van der Waals surface area (Å²) >= 11 is 7.59. The Bertz CT molecular complexity index is 873. The van der Waals surface area contributed by atoms with E-state index < -0.39 is 0 Å². The number of thioether (sulfide) groups is 1. The summed E-state index contributed by atoms with van der Waals surface area (Å²) in [6.45, 7) is 9.03. The van der Waals surface area contributed by atoms with Gasteiger partial charge in [-0.05, 0) is 47.2 Å².